The Hall–Kier alpha value is -4.04. The maximum Gasteiger partial charge on any atom is 0.416 e. The van der Waals surface area contributed by atoms with Crippen LogP contribution in [0, 0.1) is 28.4 Å². The Kier molecular flexibility index (Phi) is 12.3. The molecule has 0 bridgehead atoms. The molecule has 244 valence electrons. The van der Waals surface area contributed by atoms with E-state index < -0.39 is 28.8 Å². The van der Waals surface area contributed by atoms with Gasteiger partial charge in [-0.05, 0) is 67.5 Å². The number of carbonyl (C=O) groups is 1. The number of nitrogens with zero attached hydrogens (tertiary/aromatic N) is 4. The second-order valence-corrected chi connectivity index (χ2v) is 11.5. The lowest BCUT2D eigenvalue weighted by Gasteiger charge is -2.32. The highest BCUT2D eigenvalue weighted by atomic mass is 31.0. The summed E-state index contributed by atoms with van der Waals surface area (Å²) in [7, 11) is 3.48. The average Bonchev–Trinajstić information content (AvgIpc) is 3.03. The van der Waals surface area contributed by atoms with Crippen molar-refractivity contribution in [3.8, 4) is 17.2 Å². The second-order valence-electron chi connectivity index (χ2n) is 10.9. The lowest BCUT2D eigenvalue weighted by molar-refractivity contribution is -0.137. The summed E-state index contributed by atoms with van der Waals surface area (Å²) < 4.78 is 69.6. The minimum absolute atomic E-state index is 0.0432. The Labute approximate surface area is 266 Å². The lowest BCUT2D eigenvalue weighted by atomic mass is 9.72. The normalized spacial score (nSPS) is 13.9. The van der Waals surface area contributed by atoms with Crippen LogP contribution in [0.15, 0.2) is 64.8 Å². The number of aryl methyl sites for hydroxylation is 1. The number of aliphatic imine (C=N–C) groups is 1. The van der Waals surface area contributed by atoms with Crippen LogP contribution in [-0.2, 0) is 22.2 Å². The molecule has 3 rings (SSSR count). The highest BCUT2D eigenvalue weighted by Gasteiger charge is 2.32. The van der Waals surface area contributed by atoms with Gasteiger partial charge in [0.25, 0.3) is 0 Å². The lowest BCUT2D eigenvalue weighted by Crippen LogP contribution is -2.22. The van der Waals surface area contributed by atoms with E-state index in [1.54, 1.807) is 13.0 Å². The summed E-state index contributed by atoms with van der Waals surface area (Å²) in [6, 6.07) is 9.84. The fourth-order valence-electron chi connectivity index (χ4n) is 5.05. The van der Waals surface area contributed by atoms with Gasteiger partial charge in [-0.2, -0.15) is 18.4 Å². The molecule has 0 aliphatic rings. The number of halogens is 5. The van der Waals surface area contributed by atoms with Gasteiger partial charge in [-0.1, -0.05) is 53.6 Å². The van der Waals surface area contributed by atoms with Crippen molar-refractivity contribution in [2.24, 2.45) is 10.4 Å². The third-order valence-electron chi connectivity index (χ3n) is 7.99. The van der Waals surface area contributed by atoms with Crippen LogP contribution < -0.4 is 5.23 Å². The van der Waals surface area contributed by atoms with E-state index in [0.717, 1.165) is 50.4 Å². The molecule has 7 nitrogen and oxygen atoms in total. The molecule has 0 aliphatic carbocycles. The van der Waals surface area contributed by atoms with Crippen LogP contribution in [0.4, 0.5) is 33.3 Å². The number of hydrogen-bond donors (Lipinski definition) is 1. The van der Waals surface area contributed by atoms with Crippen LogP contribution in [-0.4, -0.2) is 29.0 Å². The van der Waals surface area contributed by atoms with Gasteiger partial charge in [-0.25, -0.2) is 18.8 Å². The number of rotatable bonds is 13. The molecular weight excluding hydrogens is 626 g/mol. The molecule has 0 aliphatic heterocycles. The van der Waals surface area contributed by atoms with E-state index in [2.05, 4.69) is 19.2 Å². The average molecular weight is 661 g/mol. The first-order valence-corrected chi connectivity index (χ1v) is 14.9. The first-order valence-electron chi connectivity index (χ1n) is 14.3. The minimum atomic E-state index is -4.70. The van der Waals surface area contributed by atoms with E-state index in [1.165, 1.54) is 18.2 Å². The van der Waals surface area contributed by atoms with Gasteiger partial charge in [0.1, 0.15) is 11.8 Å². The first kappa shape index (κ1) is 36.4. The number of alkyl halides is 3. The monoisotopic (exact) mass is 660 g/mol. The molecule has 0 saturated carbocycles. The Morgan fingerprint density at radius 2 is 1.91 bits per heavy atom. The van der Waals surface area contributed by atoms with Gasteiger partial charge < -0.3 is 0 Å². The summed E-state index contributed by atoms with van der Waals surface area (Å²) in [5.41, 5.74) is -0.843. The quantitative estimate of drug-likeness (QED) is 0.0491. The van der Waals surface area contributed by atoms with Crippen molar-refractivity contribution in [1.82, 2.24) is 4.98 Å². The number of unbranched alkanes of at least 4 members (excludes halogenated alkanes) is 1. The number of benzene rings is 2. The van der Waals surface area contributed by atoms with Crippen molar-refractivity contribution in [3.05, 3.63) is 88.3 Å². The van der Waals surface area contributed by atoms with Crippen LogP contribution >= 0.6 is 9.24 Å². The number of allylic oxidation sites excluding steroid dienone is 2. The van der Waals surface area contributed by atoms with Gasteiger partial charge in [0.2, 0.25) is 0 Å². The zero-order chi connectivity index (χ0) is 34.2. The van der Waals surface area contributed by atoms with E-state index in [9.17, 15) is 37.2 Å². The predicted octanol–water partition coefficient (Wildman–Crippen LogP) is 8.92. The largest absolute Gasteiger partial charge is 0.416 e. The maximum absolute atomic E-state index is 14.5. The Bertz CT molecular complexity index is 1690. The van der Waals surface area contributed by atoms with Gasteiger partial charge in [-0.3, -0.25) is 14.8 Å². The van der Waals surface area contributed by atoms with Gasteiger partial charge in [-0.15, -0.1) is 5.23 Å². The minimum Gasteiger partial charge on any atom is -0.298 e. The summed E-state index contributed by atoms with van der Waals surface area (Å²) in [6.07, 6.45) is -0.0719. The van der Waals surface area contributed by atoms with E-state index in [0.29, 0.717) is 24.7 Å². The molecule has 0 fully saturated rings. The van der Waals surface area contributed by atoms with Crippen molar-refractivity contribution >= 4 is 32.4 Å². The summed E-state index contributed by atoms with van der Waals surface area (Å²) in [4.78, 5) is 25.8. The molecule has 2 aromatic carbocycles. The summed E-state index contributed by atoms with van der Waals surface area (Å²) in [5, 5.41) is 19.7. The Morgan fingerprint density at radius 1 is 1.20 bits per heavy atom. The van der Waals surface area contributed by atoms with Gasteiger partial charge >= 0.3 is 6.18 Å². The zero-order valence-electron chi connectivity index (χ0n) is 25.8. The van der Waals surface area contributed by atoms with Gasteiger partial charge in [0, 0.05) is 22.9 Å². The number of aromatic nitrogens is 1. The van der Waals surface area contributed by atoms with Crippen LogP contribution in [0.1, 0.15) is 63.3 Å². The standard InChI is InChI=1S/C33H34F5N4O3P/c1-5-6-13-32(3,14-12-21-8-7-9-26(34)30(21)35)20(2)25(19-43)31(46)41-27-11-10-23(33(36,37)38)16-24(27)22-15-29(42(44)45-4)28(17-39)40-18-22/h7-11,15-16,18-19,44H,5-6,12-14,46H2,1-4H3/b25-20+,41-31?. The smallest absolute Gasteiger partial charge is 0.298 e. The van der Waals surface area contributed by atoms with Crippen LogP contribution in [0.25, 0.3) is 11.1 Å². The van der Waals surface area contributed by atoms with E-state index in [4.69, 9.17) is 4.84 Å². The summed E-state index contributed by atoms with van der Waals surface area (Å²) in [5.74, 6) is -1.87. The van der Waals surface area contributed by atoms with Gasteiger partial charge in [0.15, 0.2) is 23.6 Å². The van der Waals surface area contributed by atoms with Crippen molar-refractivity contribution in [2.45, 2.75) is 59.1 Å². The topological polar surface area (TPSA) is 98.8 Å². The van der Waals surface area contributed by atoms with Gasteiger partial charge in [0.05, 0.1) is 23.8 Å². The highest BCUT2D eigenvalue weighted by molar-refractivity contribution is 7.42. The van der Waals surface area contributed by atoms with Crippen molar-refractivity contribution < 1.29 is 36.8 Å². The van der Waals surface area contributed by atoms with E-state index >= 15 is 0 Å². The third-order valence-corrected chi connectivity index (χ3v) is 8.43. The van der Waals surface area contributed by atoms with E-state index in [1.807, 2.05) is 13.8 Å². The molecule has 1 N–H and O–H groups in total. The molecule has 2 unspecified atom stereocenters. The molecule has 0 spiro atoms. The fourth-order valence-corrected chi connectivity index (χ4v) is 5.47. The number of anilines is 1. The van der Waals surface area contributed by atoms with Crippen LogP contribution in [0.5, 0.6) is 0 Å². The van der Waals surface area contributed by atoms with Crippen molar-refractivity contribution in [2.75, 3.05) is 12.3 Å². The molecule has 0 amide bonds. The van der Waals surface area contributed by atoms with E-state index in [-0.39, 0.29) is 56.4 Å². The predicted molar refractivity (Wildman–Crippen MR) is 169 cm³/mol. The molecule has 0 saturated heterocycles. The highest BCUT2D eigenvalue weighted by Crippen LogP contribution is 2.42. The third kappa shape index (κ3) is 8.40. The Balaban J connectivity index is 2.17. The summed E-state index contributed by atoms with van der Waals surface area (Å²) >= 11 is 0. The zero-order valence-corrected chi connectivity index (χ0v) is 26.9. The van der Waals surface area contributed by atoms with Crippen molar-refractivity contribution in [3.63, 3.8) is 0 Å². The molecule has 0 radical (unpaired) electrons. The molecule has 2 atom stereocenters. The number of pyridine rings is 1. The Morgan fingerprint density at radius 3 is 2.52 bits per heavy atom. The molecule has 13 heteroatoms. The fraction of sp³-hybridized carbons (Fsp3) is 0.333. The SMILES string of the molecule is CCCCC(C)(CCc1cccc(F)c1F)/C(C)=C(\C=O)C(P)=Nc1ccc(C(F)(F)F)cc1-c1cnc(C#N)c(N(O)OC)c1. The molecule has 1 heterocycles. The molecule has 3 aromatic rings. The number of nitriles is 1. The number of carbonyl (C=O) groups excluding carboxylic acids is 1. The first-order chi connectivity index (χ1) is 21.7. The summed E-state index contributed by atoms with van der Waals surface area (Å²) in [6.45, 7) is 5.69. The molecule has 1 aromatic heterocycles. The number of aldehydes is 1. The maximum atomic E-state index is 14.5. The molecule has 46 heavy (non-hydrogen) atoms. The molecular formula is C33H34F5N4O3P. The van der Waals surface area contributed by atoms with Crippen LogP contribution in [0.2, 0.25) is 0 Å². The van der Waals surface area contributed by atoms with Crippen molar-refractivity contribution in [1.29, 1.82) is 5.26 Å². The van der Waals surface area contributed by atoms with Crippen LogP contribution in [0.3, 0.4) is 0 Å². The number of hydrogen-bond acceptors (Lipinski definition) is 7. The second kappa shape index (κ2) is 15.5.